The molecule has 1 N–H and O–H groups in total. The number of hydrogen-bond acceptors (Lipinski definition) is 2. The molecule has 4 heteroatoms. The standard InChI is InChI=1S/C16H17ClFNO/c1-2-19-10-12-3-7-15(8-4-12)20-11-13-5-6-14(17)9-16(13)18/h3-9,19H,2,10-11H2,1H3. The Morgan fingerprint density at radius 3 is 2.55 bits per heavy atom. The van der Waals surface area contributed by atoms with Crippen molar-refractivity contribution in [2.24, 2.45) is 0 Å². The molecular weight excluding hydrogens is 277 g/mol. The smallest absolute Gasteiger partial charge is 0.131 e. The predicted molar refractivity (Wildman–Crippen MR) is 79.6 cm³/mol. The van der Waals surface area contributed by atoms with Crippen LogP contribution in [0.15, 0.2) is 42.5 Å². The summed E-state index contributed by atoms with van der Waals surface area (Å²) in [5.74, 6) is 0.376. The lowest BCUT2D eigenvalue weighted by atomic mass is 10.2. The molecule has 0 aliphatic carbocycles. The van der Waals surface area contributed by atoms with Gasteiger partial charge in [-0.2, -0.15) is 0 Å². The molecule has 0 atom stereocenters. The summed E-state index contributed by atoms with van der Waals surface area (Å²) >= 11 is 5.71. The number of rotatable bonds is 6. The Balaban J connectivity index is 1.93. The van der Waals surface area contributed by atoms with Crippen LogP contribution in [0.25, 0.3) is 0 Å². The van der Waals surface area contributed by atoms with Crippen LogP contribution in [0.3, 0.4) is 0 Å². The molecule has 0 spiro atoms. The molecule has 0 aliphatic heterocycles. The van der Waals surface area contributed by atoms with Gasteiger partial charge in [0.1, 0.15) is 18.2 Å². The Kier molecular flexibility index (Phi) is 5.39. The molecule has 0 bridgehead atoms. The van der Waals surface area contributed by atoms with Crippen LogP contribution in [0.1, 0.15) is 18.1 Å². The Bertz CT molecular complexity index is 557. The van der Waals surface area contributed by atoms with E-state index in [4.69, 9.17) is 16.3 Å². The summed E-state index contributed by atoms with van der Waals surface area (Å²) in [7, 11) is 0. The minimum Gasteiger partial charge on any atom is -0.489 e. The summed E-state index contributed by atoms with van der Waals surface area (Å²) in [6, 6.07) is 12.4. The van der Waals surface area contributed by atoms with E-state index in [1.165, 1.54) is 11.6 Å². The molecule has 0 saturated heterocycles. The highest BCUT2D eigenvalue weighted by atomic mass is 35.5. The first-order valence-electron chi connectivity index (χ1n) is 6.55. The van der Waals surface area contributed by atoms with Crippen LogP contribution in [-0.2, 0) is 13.2 Å². The van der Waals surface area contributed by atoms with Crippen molar-refractivity contribution < 1.29 is 9.13 Å². The fourth-order valence-electron chi connectivity index (χ4n) is 1.77. The second-order valence-corrected chi connectivity index (χ2v) is 4.89. The van der Waals surface area contributed by atoms with Gasteiger partial charge in [-0.25, -0.2) is 4.39 Å². The van der Waals surface area contributed by atoms with E-state index in [9.17, 15) is 4.39 Å². The van der Waals surface area contributed by atoms with Crippen molar-refractivity contribution in [2.45, 2.75) is 20.1 Å². The van der Waals surface area contributed by atoms with Crippen molar-refractivity contribution in [3.05, 3.63) is 64.4 Å². The summed E-state index contributed by atoms with van der Waals surface area (Å²) in [5.41, 5.74) is 1.68. The van der Waals surface area contributed by atoms with Gasteiger partial charge in [0.15, 0.2) is 0 Å². The maximum atomic E-state index is 13.6. The molecule has 0 radical (unpaired) electrons. The summed E-state index contributed by atoms with van der Waals surface area (Å²) in [6.07, 6.45) is 0. The molecule has 0 saturated carbocycles. The average Bonchev–Trinajstić information content (AvgIpc) is 2.45. The van der Waals surface area contributed by atoms with Crippen LogP contribution in [-0.4, -0.2) is 6.54 Å². The number of halogens is 2. The number of benzene rings is 2. The van der Waals surface area contributed by atoms with Crippen LogP contribution in [0, 0.1) is 5.82 Å². The Morgan fingerprint density at radius 1 is 1.15 bits per heavy atom. The quantitative estimate of drug-likeness (QED) is 0.863. The van der Waals surface area contributed by atoms with Gasteiger partial charge < -0.3 is 10.1 Å². The largest absolute Gasteiger partial charge is 0.489 e. The lowest BCUT2D eigenvalue weighted by Gasteiger charge is -2.08. The molecule has 0 aromatic heterocycles. The summed E-state index contributed by atoms with van der Waals surface area (Å²) < 4.78 is 19.2. The van der Waals surface area contributed by atoms with Crippen molar-refractivity contribution >= 4 is 11.6 Å². The number of hydrogen-bond donors (Lipinski definition) is 1. The molecule has 20 heavy (non-hydrogen) atoms. The zero-order valence-electron chi connectivity index (χ0n) is 11.3. The monoisotopic (exact) mass is 293 g/mol. The molecule has 2 aromatic carbocycles. The molecule has 106 valence electrons. The van der Waals surface area contributed by atoms with Crippen LogP contribution in [0.4, 0.5) is 4.39 Å². The normalized spacial score (nSPS) is 10.6. The summed E-state index contributed by atoms with van der Waals surface area (Å²) in [6.45, 7) is 4.03. The lowest BCUT2D eigenvalue weighted by molar-refractivity contribution is 0.300. The molecule has 0 fully saturated rings. The molecule has 2 rings (SSSR count). The van der Waals surface area contributed by atoms with Crippen LogP contribution >= 0.6 is 11.6 Å². The fraction of sp³-hybridized carbons (Fsp3) is 0.250. The fourth-order valence-corrected chi connectivity index (χ4v) is 1.93. The zero-order chi connectivity index (χ0) is 14.4. The van der Waals surface area contributed by atoms with Gasteiger partial charge in [0.2, 0.25) is 0 Å². The Hall–Kier alpha value is -1.58. The third-order valence-corrected chi connectivity index (χ3v) is 3.15. The van der Waals surface area contributed by atoms with E-state index in [-0.39, 0.29) is 12.4 Å². The Morgan fingerprint density at radius 2 is 1.90 bits per heavy atom. The van der Waals surface area contributed by atoms with Gasteiger partial charge in [0, 0.05) is 17.1 Å². The van der Waals surface area contributed by atoms with Crippen molar-refractivity contribution in [3.63, 3.8) is 0 Å². The van der Waals surface area contributed by atoms with Gasteiger partial charge in [-0.3, -0.25) is 0 Å². The first-order valence-corrected chi connectivity index (χ1v) is 6.93. The summed E-state index contributed by atoms with van der Waals surface area (Å²) in [4.78, 5) is 0. The van der Waals surface area contributed by atoms with Crippen LogP contribution in [0.2, 0.25) is 5.02 Å². The van der Waals surface area contributed by atoms with Crippen molar-refractivity contribution in [1.82, 2.24) is 5.32 Å². The molecule has 0 amide bonds. The third-order valence-electron chi connectivity index (χ3n) is 2.91. The molecule has 0 aliphatic rings. The molecule has 2 nitrogen and oxygen atoms in total. The van der Waals surface area contributed by atoms with E-state index in [2.05, 4.69) is 12.2 Å². The van der Waals surface area contributed by atoms with E-state index < -0.39 is 0 Å². The van der Waals surface area contributed by atoms with Crippen molar-refractivity contribution in [2.75, 3.05) is 6.54 Å². The topological polar surface area (TPSA) is 21.3 Å². The minimum atomic E-state index is -0.346. The molecule has 0 unspecified atom stereocenters. The highest BCUT2D eigenvalue weighted by Crippen LogP contribution is 2.18. The summed E-state index contributed by atoms with van der Waals surface area (Å²) in [5, 5.41) is 3.64. The number of ether oxygens (including phenoxy) is 1. The van der Waals surface area contributed by atoms with E-state index in [1.807, 2.05) is 24.3 Å². The zero-order valence-corrected chi connectivity index (χ0v) is 12.1. The molecule has 2 aromatic rings. The van der Waals surface area contributed by atoms with E-state index in [1.54, 1.807) is 12.1 Å². The van der Waals surface area contributed by atoms with Gasteiger partial charge in [-0.1, -0.05) is 36.7 Å². The van der Waals surface area contributed by atoms with Gasteiger partial charge >= 0.3 is 0 Å². The van der Waals surface area contributed by atoms with Crippen LogP contribution < -0.4 is 10.1 Å². The lowest BCUT2D eigenvalue weighted by Crippen LogP contribution is -2.11. The van der Waals surface area contributed by atoms with Gasteiger partial charge in [0.05, 0.1) is 0 Å². The van der Waals surface area contributed by atoms with E-state index in [0.29, 0.717) is 10.6 Å². The Labute approximate surface area is 123 Å². The molecular formula is C16H17ClFNO. The minimum absolute atomic E-state index is 0.190. The van der Waals surface area contributed by atoms with Crippen LogP contribution in [0.5, 0.6) is 5.75 Å². The van der Waals surface area contributed by atoms with Gasteiger partial charge in [-0.15, -0.1) is 0 Å². The number of nitrogens with one attached hydrogen (secondary N) is 1. The maximum absolute atomic E-state index is 13.6. The second-order valence-electron chi connectivity index (χ2n) is 4.45. The maximum Gasteiger partial charge on any atom is 0.131 e. The first kappa shape index (κ1) is 14.8. The highest BCUT2D eigenvalue weighted by molar-refractivity contribution is 6.30. The SMILES string of the molecule is CCNCc1ccc(OCc2ccc(Cl)cc2F)cc1. The second kappa shape index (κ2) is 7.27. The molecule has 0 heterocycles. The van der Waals surface area contributed by atoms with E-state index >= 15 is 0 Å². The first-order chi connectivity index (χ1) is 9.69. The third kappa shape index (κ3) is 4.22. The average molecular weight is 294 g/mol. The predicted octanol–water partition coefficient (Wildman–Crippen LogP) is 4.17. The van der Waals surface area contributed by atoms with Gasteiger partial charge in [0.25, 0.3) is 0 Å². The van der Waals surface area contributed by atoms with Gasteiger partial charge in [-0.05, 0) is 36.4 Å². The van der Waals surface area contributed by atoms with Crippen molar-refractivity contribution in [1.29, 1.82) is 0 Å². The van der Waals surface area contributed by atoms with E-state index in [0.717, 1.165) is 18.8 Å². The van der Waals surface area contributed by atoms with Crippen molar-refractivity contribution in [3.8, 4) is 5.75 Å². The highest BCUT2D eigenvalue weighted by Gasteiger charge is 2.04.